The third-order valence-electron chi connectivity index (χ3n) is 2.42. The number of anilines is 1. The first-order valence-corrected chi connectivity index (χ1v) is 4.75. The molecule has 0 amide bonds. The number of fused-ring (bicyclic) bond motifs is 1. The molecule has 1 nitrogen and oxygen atoms in total. The van der Waals surface area contributed by atoms with E-state index >= 15 is 0 Å². The van der Waals surface area contributed by atoms with E-state index in [1.807, 2.05) is 0 Å². The fourth-order valence-corrected chi connectivity index (χ4v) is 1.94. The van der Waals surface area contributed by atoms with Crippen molar-refractivity contribution < 1.29 is 0 Å². The van der Waals surface area contributed by atoms with Gasteiger partial charge in [0.25, 0.3) is 0 Å². The molecular weight excluding hydrogens is 166 g/mol. The topological polar surface area (TPSA) is 3.24 Å². The minimum absolute atomic E-state index is 1.06. The molecule has 12 heavy (non-hydrogen) atoms. The Morgan fingerprint density at radius 1 is 1.42 bits per heavy atom. The van der Waals surface area contributed by atoms with Crippen molar-refractivity contribution in [2.75, 3.05) is 18.5 Å². The number of hydrogen-bond acceptors (Lipinski definition) is 2. The van der Waals surface area contributed by atoms with Gasteiger partial charge in [-0.1, -0.05) is 6.07 Å². The number of nitrogens with zero attached hydrogens (tertiary/aromatic N) is 1. The van der Waals surface area contributed by atoms with E-state index in [2.05, 4.69) is 42.8 Å². The van der Waals surface area contributed by atoms with Crippen LogP contribution in [0.5, 0.6) is 0 Å². The van der Waals surface area contributed by atoms with Crippen LogP contribution in [-0.4, -0.2) is 13.6 Å². The summed E-state index contributed by atoms with van der Waals surface area (Å²) in [6.07, 6.45) is 2.49. The lowest BCUT2D eigenvalue weighted by atomic mass is 10.0. The Bertz CT molecular complexity index is 296. The first kappa shape index (κ1) is 7.99. The second-order valence-electron chi connectivity index (χ2n) is 3.34. The molecular formula is C10H13NS. The molecule has 1 heterocycles. The summed E-state index contributed by atoms with van der Waals surface area (Å²) in [4.78, 5) is 3.36. The molecule has 0 aromatic heterocycles. The molecule has 0 bridgehead atoms. The Hall–Kier alpha value is -0.630. The Balaban J connectivity index is 2.47. The van der Waals surface area contributed by atoms with Crippen molar-refractivity contribution in [2.45, 2.75) is 17.7 Å². The van der Waals surface area contributed by atoms with Crippen LogP contribution in [0.3, 0.4) is 0 Å². The van der Waals surface area contributed by atoms with Gasteiger partial charge in [0.15, 0.2) is 0 Å². The van der Waals surface area contributed by atoms with Crippen molar-refractivity contribution in [3.63, 3.8) is 0 Å². The fraction of sp³-hybridized carbons (Fsp3) is 0.400. The minimum Gasteiger partial charge on any atom is -0.374 e. The minimum atomic E-state index is 1.06. The van der Waals surface area contributed by atoms with Crippen molar-refractivity contribution in [2.24, 2.45) is 0 Å². The molecule has 1 aromatic carbocycles. The van der Waals surface area contributed by atoms with E-state index in [1.165, 1.54) is 30.6 Å². The van der Waals surface area contributed by atoms with E-state index in [1.54, 1.807) is 0 Å². The highest BCUT2D eigenvalue weighted by Gasteiger charge is 2.12. The molecule has 0 saturated carbocycles. The normalized spacial score (nSPS) is 16.0. The number of thiol groups is 1. The van der Waals surface area contributed by atoms with Crippen molar-refractivity contribution in [3.05, 3.63) is 23.8 Å². The average molecular weight is 179 g/mol. The third kappa shape index (κ3) is 1.31. The van der Waals surface area contributed by atoms with Crippen molar-refractivity contribution >= 4 is 18.3 Å². The van der Waals surface area contributed by atoms with E-state index in [-0.39, 0.29) is 0 Å². The van der Waals surface area contributed by atoms with Crippen LogP contribution in [-0.2, 0) is 6.42 Å². The molecule has 1 aliphatic heterocycles. The molecule has 0 N–H and O–H groups in total. The maximum Gasteiger partial charge on any atom is 0.0407 e. The highest BCUT2D eigenvalue weighted by molar-refractivity contribution is 7.80. The molecule has 0 atom stereocenters. The summed E-state index contributed by atoms with van der Waals surface area (Å²) in [6.45, 7) is 1.17. The summed E-state index contributed by atoms with van der Waals surface area (Å²) >= 11 is 4.33. The second kappa shape index (κ2) is 3.02. The first-order chi connectivity index (χ1) is 5.77. The van der Waals surface area contributed by atoms with Crippen molar-refractivity contribution in [1.29, 1.82) is 0 Å². The molecule has 0 radical (unpaired) electrons. The van der Waals surface area contributed by atoms with E-state index in [4.69, 9.17) is 0 Å². The van der Waals surface area contributed by atoms with Crippen LogP contribution in [0.15, 0.2) is 23.1 Å². The smallest absolute Gasteiger partial charge is 0.0407 e. The molecule has 2 rings (SSSR count). The maximum atomic E-state index is 4.33. The highest BCUT2D eigenvalue weighted by atomic mass is 32.1. The zero-order valence-corrected chi connectivity index (χ0v) is 8.14. The number of benzene rings is 1. The van der Waals surface area contributed by atoms with Crippen molar-refractivity contribution in [3.8, 4) is 0 Å². The maximum absolute atomic E-state index is 4.33. The summed E-state index contributed by atoms with van der Waals surface area (Å²) in [5, 5.41) is 0. The monoisotopic (exact) mass is 179 g/mol. The van der Waals surface area contributed by atoms with Crippen LogP contribution in [0.1, 0.15) is 12.0 Å². The average Bonchev–Trinajstić information content (AvgIpc) is 2.07. The summed E-state index contributed by atoms with van der Waals surface area (Å²) in [5.74, 6) is 0. The predicted molar refractivity (Wildman–Crippen MR) is 55.3 cm³/mol. The molecule has 0 saturated heterocycles. The lowest BCUT2D eigenvalue weighted by Crippen LogP contribution is -2.24. The van der Waals surface area contributed by atoms with Gasteiger partial charge in [0.05, 0.1) is 0 Å². The van der Waals surface area contributed by atoms with Gasteiger partial charge in [-0.2, -0.15) is 0 Å². The van der Waals surface area contributed by atoms with Gasteiger partial charge >= 0.3 is 0 Å². The number of hydrogen-bond donors (Lipinski definition) is 1. The third-order valence-corrected chi connectivity index (χ3v) is 2.70. The van der Waals surface area contributed by atoms with Gasteiger partial charge in [0.1, 0.15) is 0 Å². The zero-order chi connectivity index (χ0) is 8.55. The van der Waals surface area contributed by atoms with Gasteiger partial charge in [-0.25, -0.2) is 0 Å². The van der Waals surface area contributed by atoms with Gasteiger partial charge < -0.3 is 4.90 Å². The SMILES string of the molecule is CN1CCCc2ccc(S)cc21. The molecule has 0 fully saturated rings. The molecule has 64 valence electrons. The highest BCUT2D eigenvalue weighted by Crippen LogP contribution is 2.27. The number of rotatable bonds is 0. The Kier molecular flexibility index (Phi) is 2.01. The second-order valence-corrected chi connectivity index (χ2v) is 3.85. The standard InChI is InChI=1S/C10H13NS/c1-11-6-2-3-8-4-5-9(12)7-10(8)11/h4-5,7,12H,2-3,6H2,1H3. The Labute approximate surface area is 78.8 Å². The summed E-state index contributed by atoms with van der Waals surface area (Å²) in [7, 11) is 2.14. The molecule has 0 aliphatic carbocycles. The van der Waals surface area contributed by atoms with Gasteiger partial charge in [-0.15, -0.1) is 12.6 Å². The van der Waals surface area contributed by atoms with E-state index < -0.39 is 0 Å². The van der Waals surface area contributed by atoms with E-state index in [0.29, 0.717) is 0 Å². The largest absolute Gasteiger partial charge is 0.374 e. The van der Waals surface area contributed by atoms with Gasteiger partial charge in [0, 0.05) is 24.2 Å². The van der Waals surface area contributed by atoms with Crippen LogP contribution < -0.4 is 4.90 Å². The van der Waals surface area contributed by atoms with Crippen LogP contribution in [0.4, 0.5) is 5.69 Å². The van der Waals surface area contributed by atoms with E-state index in [9.17, 15) is 0 Å². The fourth-order valence-electron chi connectivity index (χ4n) is 1.75. The Morgan fingerprint density at radius 2 is 2.25 bits per heavy atom. The lowest BCUT2D eigenvalue weighted by molar-refractivity contribution is 0.743. The number of aryl methyl sites for hydroxylation is 1. The van der Waals surface area contributed by atoms with Crippen LogP contribution in [0.2, 0.25) is 0 Å². The molecule has 1 aliphatic rings. The molecule has 2 heteroatoms. The van der Waals surface area contributed by atoms with Crippen LogP contribution in [0.25, 0.3) is 0 Å². The van der Waals surface area contributed by atoms with Crippen molar-refractivity contribution in [1.82, 2.24) is 0 Å². The van der Waals surface area contributed by atoms with Crippen LogP contribution >= 0.6 is 12.6 Å². The lowest BCUT2D eigenvalue weighted by Gasteiger charge is -2.27. The molecule has 0 unspecified atom stereocenters. The van der Waals surface area contributed by atoms with Gasteiger partial charge in [-0.05, 0) is 30.5 Å². The molecule has 1 aromatic rings. The summed E-state index contributed by atoms with van der Waals surface area (Å²) < 4.78 is 0. The van der Waals surface area contributed by atoms with E-state index in [0.717, 1.165) is 4.90 Å². The van der Waals surface area contributed by atoms with Gasteiger partial charge in [-0.3, -0.25) is 0 Å². The summed E-state index contributed by atoms with van der Waals surface area (Å²) in [6, 6.07) is 6.41. The quantitative estimate of drug-likeness (QED) is 0.598. The Morgan fingerprint density at radius 3 is 3.08 bits per heavy atom. The van der Waals surface area contributed by atoms with Gasteiger partial charge in [0.2, 0.25) is 0 Å². The zero-order valence-electron chi connectivity index (χ0n) is 7.25. The molecule has 0 spiro atoms. The summed E-state index contributed by atoms with van der Waals surface area (Å²) in [5.41, 5.74) is 2.82. The van der Waals surface area contributed by atoms with Crippen LogP contribution in [0, 0.1) is 0 Å². The first-order valence-electron chi connectivity index (χ1n) is 4.30. The predicted octanol–water partition coefficient (Wildman–Crippen LogP) is 2.36.